The van der Waals surface area contributed by atoms with Crippen molar-refractivity contribution < 1.29 is 4.79 Å². The molecule has 0 unspecified atom stereocenters. The van der Waals surface area contributed by atoms with Gasteiger partial charge >= 0.3 is 0 Å². The molecule has 24 heavy (non-hydrogen) atoms. The summed E-state index contributed by atoms with van der Waals surface area (Å²) >= 11 is 1.74. The Labute approximate surface area is 144 Å². The van der Waals surface area contributed by atoms with Crippen LogP contribution in [-0.2, 0) is 4.79 Å². The molecule has 0 spiro atoms. The van der Waals surface area contributed by atoms with E-state index in [1.165, 1.54) is 6.33 Å². The Morgan fingerprint density at radius 1 is 1.33 bits per heavy atom. The largest absolute Gasteiger partial charge is 0.342 e. The predicted molar refractivity (Wildman–Crippen MR) is 96.9 cm³/mol. The van der Waals surface area contributed by atoms with Gasteiger partial charge in [0, 0.05) is 23.6 Å². The van der Waals surface area contributed by atoms with Gasteiger partial charge in [0.2, 0.25) is 5.91 Å². The highest BCUT2D eigenvalue weighted by Gasteiger charge is 2.19. The highest BCUT2D eigenvalue weighted by atomic mass is 32.2. The molecule has 0 aliphatic heterocycles. The van der Waals surface area contributed by atoms with Crippen molar-refractivity contribution >= 4 is 23.4 Å². The first-order chi connectivity index (χ1) is 11.8. The van der Waals surface area contributed by atoms with Crippen molar-refractivity contribution in [3.05, 3.63) is 55.1 Å². The third-order valence-electron chi connectivity index (χ3n) is 3.70. The Hall–Kier alpha value is -2.54. The van der Waals surface area contributed by atoms with Crippen LogP contribution in [0, 0.1) is 0 Å². The topological polar surface area (TPSA) is 75.6 Å². The summed E-state index contributed by atoms with van der Waals surface area (Å²) in [6.45, 7) is 0. The van der Waals surface area contributed by atoms with Gasteiger partial charge < -0.3 is 9.88 Å². The lowest BCUT2D eigenvalue weighted by Gasteiger charge is -2.18. The summed E-state index contributed by atoms with van der Waals surface area (Å²) in [4.78, 5) is 16.9. The zero-order valence-electron chi connectivity index (χ0n) is 13.3. The van der Waals surface area contributed by atoms with Gasteiger partial charge in [-0.2, -0.15) is 16.9 Å². The quantitative estimate of drug-likeness (QED) is 0.692. The maximum absolute atomic E-state index is 12.7. The average Bonchev–Trinajstić information content (AvgIpc) is 3.29. The fourth-order valence-corrected chi connectivity index (χ4v) is 2.97. The summed E-state index contributed by atoms with van der Waals surface area (Å²) in [6, 6.07) is 11.2. The van der Waals surface area contributed by atoms with Crippen LogP contribution in [0.2, 0.25) is 0 Å². The molecule has 0 saturated carbocycles. The molecule has 0 aliphatic rings. The molecule has 0 fully saturated rings. The van der Waals surface area contributed by atoms with Gasteiger partial charge in [0.15, 0.2) is 5.82 Å². The third-order valence-corrected chi connectivity index (χ3v) is 4.35. The second-order valence-corrected chi connectivity index (χ2v) is 6.32. The lowest BCUT2D eigenvalue weighted by atomic mass is 10.1. The Morgan fingerprint density at radius 2 is 2.17 bits per heavy atom. The molecule has 7 heteroatoms. The fourth-order valence-electron chi connectivity index (χ4n) is 2.52. The average molecular weight is 341 g/mol. The van der Waals surface area contributed by atoms with E-state index < -0.39 is 0 Å². The molecule has 1 aromatic carbocycles. The molecule has 2 heterocycles. The zero-order valence-corrected chi connectivity index (χ0v) is 14.2. The summed E-state index contributed by atoms with van der Waals surface area (Å²) in [7, 11) is 0. The van der Waals surface area contributed by atoms with E-state index in [9.17, 15) is 4.79 Å². The normalized spacial score (nSPS) is 12.0. The molecule has 1 atom stereocenters. The monoisotopic (exact) mass is 341 g/mol. The lowest BCUT2D eigenvalue weighted by Crippen LogP contribution is -2.25. The van der Waals surface area contributed by atoms with Gasteiger partial charge in [0.05, 0.1) is 0 Å². The number of amides is 1. The number of rotatable bonds is 7. The highest BCUT2D eigenvalue weighted by Crippen LogP contribution is 2.21. The number of H-pyrrole nitrogens is 1. The Kier molecular flexibility index (Phi) is 5.32. The Balaban J connectivity index is 1.76. The molecular formula is C17H19N5OS. The van der Waals surface area contributed by atoms with Gasteiger partial charge in [-0.3, -0.25) is 9.89 Å². The third kappa shape index (κ3) is 3.86. The van der Waals surface area contributed by atoms with Gasteiger partial charge in [-0.25, -0.2) is 4.98 Å². The number of hydrogen-bond acceptors (Lipinski definition) is 4. The highest BCUT2D eigenvalue weighted by molar-refractivity contribution is 7.98. The van der Waals surface area contributed by atoms with E-state index in [1.807, 2.05) is 59.6 Å². The number of aromatic nitrogens is 4. The zero-order chi connectivity index (χ0) is 16.8. The fraction of sp³-hybridized carbons (Fsp3) is 0.235. The molecule has 3 rings (SSSR count). The van der Waals surface area contributed by atoms with E-state index in [2.05, 4.69) is 20.5 Å². The van der Waals surface area contributed by atoms with Crippen LogP contribution in [0.15, 0.2) is 55.1 Å². The molecular weight excluding hydrogens is 322 g/mol. The van der Waals surface area contributed by atoms with Gasteiger partial charge in [-0.1, -0.05) is 12.1 Å². The molecule has 124 valence electrons. The standard InChI is InChI=1S/C17H19N5OS/c1-24-10-7-15(22-8-2-3-9-22)17(23)20-14-6-4-5-13(11-14)16-18-12-19-21-16/h2-6,8-9,11-12,15H,7,10H2,1H3,(H,20,23)(H,18,19,21)/t15-/m1/s1. The molecule has 0 saturated heterocycles. The van der Waals surface area contributed by atoms with Crippen molar-refractivity contribution in [3.8, 4) is 11.4 Å². The van der Waals surface area contributed by atoms with E-state index in [0.29, 0.717) is 5.82 Å². The number of anilines is 1. The second kappa shape index (κ2) is 7.83. The van der Waals surface area contributed by atoms with Crippen LogP contribution in [0.3, 0.4) is 0 Å². The van der Waals surface area contributed by atoms with E-state index in [4.69, 9.17) is 0 Å². The smallest absolute Gasteiger partial charge is 0.247 e. The molecule has 3 aromatic rings. The van der Waals surface area contributed by atoms with Crippen molar-refractivity contribution in [3.63, 3.8) is 0 Å². The van der Waals surface area contributed by atoms with Crippen LogP contribution in [0.1, 0.15) is 12.5 Å². The van der Waals surface area contributed by atoms with Crippen molar-refractivity contribution in [2.45, 2.75) is 12.5 Å². The molecule has 1 amide bonds. The first kappa shape index (κ1) is 16.3. The van der Waals surface area contributed by atoms with Crippen LogP contribution >= 0.6 is 11.8 Å². The number of carbonyl (C=O) groups excluding carboxylic acids is 1. The predicted octanol–water partition coefficient (Wildman–Crippen LogP) is 3.21. The van der Waals surface area contributed by atoms with Crippen molar-refractivity contribution in [2.75, 3.05) is 17.3 Å². The molecule has 6 nitrogen and oxygen atoms in total. The van der Waals surface area contributed by atoms with E-state index in [0.717, 1.165) is 23.4 Å². The Bertz CT molecular complexity index is 770. The maximum Gasteiger partial charge on any atom is 0.247 e. The maximum atomic E-state index is 12.7. The number of benzene rings is 1. The second-order valence-electron chi connectivity index (χ2n) is 5.33. The van der Waals surface area contributed by atoms with Crippen molar-refractivity contribution in [2.24, 2.45) is 0 Å². The molecule has 0 bridgehead atoms. The van der Waals surface area contributed by atoms with Crippen molar-refractivity contribution in [1.29, 1.82) is 0 Å². The number of thioether (sulfide) groups is 1. The Morgan fingerprint density at radius 3 is 2.88 bits per heavy atom. The first-order valence-electron chi connectivity index (χ1n) is 7.66. The van der Waals surface area contributed by atoms with Crippen LogP contribution in [-0.4, -0.2) is 37.7 Å². The lowest BCUT2D eigenvalue weighted by molar-refractivity contribution is -0.119. The minimum absolute atomic E-state index is 0.0185. The van der Waals surface area contributed by atoms with Crippen LogP contribution in [0.5, 0.6) is 0 Å². The summed E-state index contributed by atoms with van der Waals surface area (Å²) < 4.78 is 1.95. The summed E-state index contributed by atoms with van der Waals surface area (Å²) in [5.41, 5.74) is 1.63. The number of nitrogens with one attached hydrogen (secondary N) is 2. The van der Waals surface area contributed by atoms with Gasteiger partial charge in [-0.05, 0) is 42.7 Å². The number of carbonyl (C=O) groups is 1. The summed E-state index contributed by atoms with van der Waals surface area (Å²) in [6.07, 6.45) is 8.14. The van der Waals surface area contributed by atoms with E-state index >= 15 is 0 Å². The van der Waals surface area contributed by atoms with Crippen molar-refractivity contribution in [1.82, 2.24) is 19.7 Å². The van der Waals surface area contributed by atoms with Crippen LogP contribution < -0.4 is 5.32 Å². The van der Waals surface area contributed by atoms with Crippen LogP contribution in [0.25, 0.3) is 11.4 Å². The van der Waals surface area contributed by atoms with Crippen LogP contribution in [0.4, 0.5) is 5.69 Å². The molecule has 0 radical (unpaired) electrons. The van der Waals surface area contributed by atoms with Gasteiger partial charge in [0.1, 0.15) is 12.4 Å². The summed E-state index contributed by atoms with van der Waals surface area (Å²) in [5.74, 6) is 1.58. The minimum Gasteiger partial charge on any atom is -0.342 e. The number of nitrogens with zero attached hydrogens (tertiary/aromatic N) is 3. The molecule has 2 aromatic heterocycles. The molecule has 2 N–H and O–H groups in total. The van der Waals surface area contributed by atoms with E-state index in [-0.39, 0.29) is 11.9 Å². The van der Waals surface area contributed by atoms with E-state index in [1.54, 1.807) is 11.8 Å². The molecule has 0 aliphatic carbocycles. The number of hydrogen-bond donors (Lipinski definition) is 2. The summed E-state index contributed by atoms with van der Waals surface area (Å²) in [5, 5.41) is 9.69. The minimum atomic E-state index is -0.221. The number of aromatic amines is 1. The van der Waals surface area contributed by atoms with Gasteiger partial charge in [0.25, 0.3) is 0 Å². The SMILES string of the molecule is CSCC[C@H](C(=O)Nc1cccc(-c2ncn[nH]2)c1)n1cccc1. The first-order valence-corrected chi connectivity index (χ1v) is 9.05. The van der Waals surface area contributed by atoms with Gasteiger partial charge in [-0.15, -0.1) is 0 Å².